The molecule has 2 N–H and O–H groups in total. The van der Waals surface area contributed by atoms with Gasteiger partial charge in [-0.15, -0.1) is 0 Å². The smallest absolute Gasteiger partial charge is 0.262 e. The van der Waals surface area contributed by atoms with Gasteiger partial charge in [0.15, 0.2) is 0 Å². The van der Waals surface area contributed by atoms with Crippen molar-refractivity contribution in [2.24, 2.45) is 0 Å². The molecule has 0 saturated heterocycles. The van der Waals surface area contributed by atoms with Crippen LogP contribution in [0.4, 0.5) is 0 Å². The van der Waals surface area contributed by atoms with Gasteiger partial charge in [-0.1, -0.05) is 30.3 Å². The number of hydrogen-bond donors (Lipinski definition) is 2. The summed E-state index contributed by atoms with van der Waals surface area (Å²) in [5.41, 5.74) is 1.69. The lowest BCUT2D eigenvalue weighted by Crippen LogP contribution is -2.27. The third-order valence-electron chi connectivity index (χ3n) is 3.36. The molecule has 0 fully saturated rings. The molecule has 24 heavy (non-hydrogen) atoms. The summed E-state index contributed by atoms with van der Waals surface area (Å²) >= 11 is 4.02. The van der Waals surface area contributed by atoms with Crippen LogP contribution >= 0.6 is 45.2 Å². The van der Waals surface area contributed by atoms with Gasteiger partial charge >= 0.3 is 0 Å². The highest BCUT2D eigenvalue weighted by atomic mass is 127. The molecule has 0 aliphatic rings. The molecular formula is C18H14I2N2O2. The molecule has 0 radical (unpaired) electrons. The van der Waals surface area contributed by atoms with Gasteiger partial charge in [-0.2, -0.15) is 5.26 Å². The average Bonchev–Trinajstić information content (AvgIpc) is 2.58. The summed E-state index contributed by atoms with van der Waals surface area (Å²) in [6.45, 7) is 1.87. The molecule has 2 aromatic carbocycles. The molecule has 0 saturated carbocycles. The summed E-state index contributed by atoms with van der Waals surface area (Å²) in [6.07, 6.45) is 1.52. The summed E-state index contributed by atoms with van der Waals surface area (Å²) in [5.74, 6) is -0.221. The minimum Gasteiger partial charge on any atom is -0.506 e. The highest BCUT2D eigenvalue weighted by molar-refractivity contribution is 14.1. The molecular weight excluding hydrogens is 530 g/mol. The number of carbonyl (C=O) groups is 1. The summed E-state index contributed by atoms with van der Waals surface area (Å²) in [4.78, 5) is 12.3. The van der Waals surface area contributed by atoms with Gasteiger partial charge in [-0.3, -0.25) is 4.79 Å². The average molecular weight is 544 g/mol. The van der Waals surface area contributed by atoms with Crippen molar-refractivity contribution in [2.45, 2.75) is 13.0 Å². The maximum atomic E-state index is 12.3. The number of aromatic hydroxyl groups is 1. The maximum absolute atomic E-state index is 12.3. The van der Waals surface area contributed by atoms with Crippen LogP contribution in [0.5, 0.6) is 5.75 Å². The number of carbonyl (C=O) groups excluding carboxylic acids is 1. The van der Waals surface area contributed by atoms with Crippen molar-refractivity contribution in [2.75, 3.05) is 0 Å². The van der Waals surface area contributed by atoms with Gasteiger partial charge in [-0.25, -0.2) is 0 Å². The highest BCUT2D eigenvalue weighted by Gasteiger charge is 2.14. The quantitative estimate of drug-likeness (QED) is 0.341. The Morgan fingerprint density at radius 3 is 2.38 bits per heavy atom. The van der Waals surface area contributed by atoms with Crippen LogP contribution in [0.15, 0.2) is 48.0 Å². The Kier molecular flexibility index (Phi) is 6.62. The molecule has 122 valence electrons. The van der Waals surface area contributed by atoms with Crippen LogP contribution in [0, 0.1) is 18.5 Å². The van der Waals surface area contributed by atoms with E-state index in [1.54, 1.807) is 12.1 Å². The van der Waals surface area contributed by atoms with Crippen LogP contribution in [0.25, 0.3) is 6.08 Å². The summed E-state index contributed by atoms with van der Waals surface area (Å²) in [6, 6.07) is 14.8. The van der Waals surface area contributed by atoms with E-state index in [9.17, 15) is 15.2 Å². The van der Waals surface area contributed by atoms with Crippen molar-refractivity contribution < 1.29 is 9.90 Å². The number of nitrogens with one attached hydrogen (secondary N) is 1. The van der Waals surface area contributed by atoms with E-state index in [0.717, 1.165) is 5.56 Å². The van der Waals surface area contributed by atoms with Gasteiger partial charge in [0.1, 0.15) is 17.4 Å². The van der Waals surface area contributed by atoms with Gasteiger partial charge in [0.25, 0.3) is 5.91 Å². The molecule has 4 nitrogen and oxygen atoms in total. The zero-order chi connectivity index (χ0) is 17.7. The predicted octanol–water partition coefficient (Wildman–Crippen LogP) is 4.39. The number of hydrogen-bond acceptors (Lipinski definition) is 3. The number of amides is 1. The first-order valence-electron chi connectivity index (χ1n) is 7.08. The van der Waals surface area contributed by atoms with Crippen molar-refractivity contribution in [3.05, 3.63) is 66.3 Å². The molecule has 1 amide bonds. The highest BCUT2D eigenvalue weighted by Crippen LogP contribution is 2.28. The van der Waals surface area contributed by atoms with Crippen LogP contribution in [0.1, 0.15) is 24.1 Å². The van der Waals surface area contributed by atoms with E-state index in [0.29, 0.717) is 12.7 Å². The monoisotopic (exact) mass is 544 g/mol. The molecule has 0 aliphatic carbocycles. The number of halogens is 2. The molecule has 0 heterocycles. The van der Waals surface area contributed by atoms with Crippen molar-refractivity contribution in [1.82, 2.24) is 5.32 Å². The van der Waals surface area contributed by atoms with E-state index in [-0.39, 0.29) is 17.4 Å². The second kappa shape index (κ2) is 8.48. The first-order chi connectivity index (χ1) is 11.4. The van der Waals surface area contributed by atoms with Crippen molar-refractivity contribution in [3.63, 3.8) is 0 Å². The van der Waals surface area contributed by atoms with Crippen LogP contribution in [-0.2, 0) is 4.79 Å². The Hall–Kier alpha value is -1.60. The van der Waals surface area contributed by atoms with Gasteiger partial charge in [0, 0.05) is 0 Å². The third-order valence-corrected chi connectivity index (χ3v) is 5.01. The largest absolute Gasteiger partial charge is 0.506 e. The van der Waals surface area contributed by atoms with E-state index < -0.39 is 5.91 Å². The van der Waals surface area contributed by atoms with Crippen molar-refractivity contribution >= 4 is 57.2 Å². The molecule has 2 aromatic rings. The van der Waals surface area contributed by atoms with E-state index >= 15 is 0 Å². The van der Waals surface area contributed by atoms with Crippen LogP contribution in [0.2, 0.25) is 0 Å². The van der Waals surface area contributed by atoms with Crippen molar-refractivity contribution in [1.29, 1.82) is 5.26 Å². The Morgan fingerprint density at radius 2 is 1.83 bits per heavy atom. The van der Waals surface area contributed by atoms with Crippen LogP contribution < -0.4 is 5.32 Å². The third kappa shape index (κ3) is 4.70. The number of nitrogens with zero attached hydrogens (tertiary/aromatic N) is 1. The van der Waals surface area contributed by atoms with Gasteiger partial charge in [-0.05, 0) is 81.4 Å². The number of benzene rings is 2. The fraction of sp³-hybridized carbons (Fsp3) is 0.111. The molecule has 6 heteroatoms. The normalized spacial score (nSPS) is 12.3. The lowest BCUT2D eigenvalue weighted by molar-refractivity contribution is -0.117. The first-order valence-corrected chi connectivity index (χ1v) is 9.23. The zero-order valence-electron chi connectivity index (χ0n) is 12.8. The number of phenolic OH excluding ortho intramolecular Hbond substituents is 1. The molecule has 0 aromatic heterocycles. The van der Waals surface area contributed by atoms with E-state index in [2.05, 4.69) is 5.32 Å². The Balaban J connectivity index is 2.22. The zero-order valence-corrected chi connectivity index (χ0v) is 17.1. The second-order valence-corrected chi connectivity index (χ2v) is 7.43. The molecule has 1 atom stereocenters. The lowest BCUT2D eigenvalue weighted by Gasteiger charge is -2.13. The topological polar surface area (TPSA) is 73.1 Å². The van der Waals surface area contributed by atoms with E-state index in [4.69, 9.17) is 0 Å². The van der Waals surface area contributed by atoms with E-state index in [1.807, 2.05) is 88.5 Å². The second-order valence-electron chi connectivity index (χ2n) is 5.11. The first kappa shape index (κ1) is 18.7. The Morgan fingerprint density at radius 1 is 1.25 bits per heavy atom. The number of nitriles is 1. The van der Waals surface area contributed by atoms with Crippen molar-refractivity contribution in [3.8, 4) is 11.8 Å². The molecule has 0 aliphatic heterocycles. The van der Waals surface area contributed by atoms with Gasteiger partial charge < -0.3 is 10.4 Å². The molecule has 0 spiro atoms. The molecule has 2 rings (SSSR count). The minimum atomic E-state index is -0.424. The Labute approximate surface area is 167 Å². The summed E-state index contributed by atoms with van der Waals surface area (Å²) in [5, 5.41) is 21.9. The van der Waals surface area contributed by atoms with Crippen LogP contribution in [0.3, 0.4) is 0 Å². The molecule has 0 unspecified atom stereocenters. The maximum Gasteiger partial charge on any atom is 0.262 e. The fourth-order valence-electron chi connectivity index (χ4n) is 2.08. The summed E-state index contributed by atoms with van der Waals surface area (Å²) in [7, 11) is 0. The predicted molar refractivity (Wildman–Crippen MR) is 110 cm³/mol. The number of rotatable bonds is 4. The minimum absolute atomic E-state index is 0.0232. The van der Waals surface area contributed by atoms with Crippen LogP contribution in [-0.4, -0.2) is 11.0 Å². The van der Waals surface area contributed by atoms with E-state index in [1.165, 1.54) is 6.08 Å². The SMILES string of the molecule is C[C@H](NC(=O)/C(C#N)=C/c1cc(I)c(O)c(I)c1)c1ccccc1. The van der Waals surface area contributed by atoms with Gasteiger partial charge in [0.2, 0.25) is 0 Å². The Bertz CT molecular complexity index is 804. The summed E-state index contributed by atoms with van der Waals surface area (Å²) < 4.78 is 1.34. The molecule has 0 bridgehead atoms. The lowest BCUT2D eigenvalue weighted by atomic mass is 10.1. The number of phenols is 1. The standard InChI is InChI=1S/C18H14I2N2O2/c1-11(13-5-3-2-4-6-13)22-18(24)14(10-21)7-12-8-15(19)17(23)16(20)9-12/h2-9,11,23H,1H3,(H,22,24)/b14-7+/t11-/m0/s1. The van der Waals surface area contributed by atoms with Gasteiger partial charge in [0.05, 0.1) is 13.2 Å². The fourth-order valence-corrected chi connectivity index (χ4v) is 3.90.